The van der Waals surface area contributed by atoms with Crippen molar-refractivity contribution >= 4 is 12.1 Å². The van der Waals surface area contributed by atoms with Crippen molar-refractivity contribution in [2.75, 3.05) is 0 Å². The number of carbonyl (C=O) groups is 2. The lowest BCUT2D eigenvalue weighted by atomic mass is 9.93. The van der Waals surface area contributed by atoms with E-state index in [1.807, 2.05) is 60.7 Å². The minimum absolute atomic E-state index is 0.0653. The molecule has 3 aromatic rings. The molecule has 3 aromatic carbocycles. The van der Waals surface area contributed by atoms with Crippen molar-refractivity contribution in [2.24, 2.45) is 0 Å². The Balaban J connectivity index is 1.56. The zero-order valence-electron chi connectivity index (χ0n) is 17.3. The molecule has 3 rings (SSSR count). The molecule has 1 amide bonds. The molecule has 0 fully saturated rings. The molecular formula is C25H25NO5. The van der Waals surface area contributed by atoms with Gasteiger partial charge in [-0.1, -0.05) is 72.8 Å². The van der Waals surface area contributed by atoms with Crippen LogP contribution < -0.4 is 10.1 Å². The summed E-state index contributed by atoms with van der Waals surface area (Å²) in [6, 6.07) is 26.2. The van der Waals surface area contributed by atoms with Gasteiger partial charge >= 0.3 is 12.1 Å². The maximum atomic E-state index is 12.2. The van der Waals surface area contributed by atoms with Crippen LogP contribution in [0.5, 0.6) is 5.75 Å². The molecule has 0 aliphatic heterocycles. The van der Waals surface area contributed by atoms with Crippen molar-refractivity contribution in [2.45, 2.75) is 32.1 Å². The lowest BCUT2D eigenvalue weighted by Crippen LogP contribution is -2.53. The van der Waals surface area contributed by atoms with Crippen LogP contribution in [-0.2, 0) is 29.2 Å². The molecule has 0 spiro atoms. The smallest absolute Gasteiger partial charge is 0.408 e. The summed E-state index contributed by atoms with van der Waals surface area (Å²) in [5, 5.41) is 12.2. The number of nitrogens with one attached hydrogen (secondary N) is 1. The molecule has 0 unspecified atom stereocenters. The van der Waals surface area contributed by atoms with E-state index in [4.69, 9.17) is 9.47 Å². The molecule has 0 heterocycles. The van der Waals surface area contributed by atoms with Crippen molar-refractivity contribution in [3.63, 3.8) is 0 Å². The second-order valence-corrected chi connectivity index (χ2v) is 7.42. The van der Waals surface area contributed by atoms with Crippen LogP contribution >= 0.6 is 0 Å². The Morgan fingerprint density at radius 1 is 0.806 bits per heavy atom. The van der Waals surface area contributed by atoms with Crippen molar-refractivity contribution < 1.29 is 24.2 Å². The number of ether oxygens (including phenoxy) is 2. The average Bonchev–Trinajstić information content (AvgIpc) is 2.78. The van der Waals surface area contributed by atoms with Gasteiger partial charge in [0.15, 0.2) is 0 Å². The first-order chi connectivity index (χ1) is 14.9. The Labute approximate surface area is 181 Å². The molecule has 0 saturated heterocycles. The van der Waals surface area contributed by atoms with Crippen molar-refractivity contribution in [1.82, 2.24) is 5.32 Å². The standard InChI is InChI=1S/C25H25NO5/c1-25(23(27)28,26-24(29)31-18-21-10-6-3-7-11-21)16-19-12-14-22(15-13-19)30-17-20-8-4-2-5-9-20/h2-15H,16-18H2,1H3,(H,26,29)(H,27,28)/t25-/m0/s1. The normalized spacial score (nSPS) is 12.4. The van der Waals surface area contributed by atoms with E-state index in [0.717, 1.165) is 16.7 Å². The van der Waals surface area contributed by atoms with Crippen LogP contribution in [0.3, 0.4) is 0 Å². The number of carboxylic acid groups (broad SMARTS) is 1. The third-order valence-corrected chi connectivity index (χ3v) is 4.79. The topological polar surface area (TPSA) is 84.9 Å². The Kier molecular flexibility index (Phi) is 7.27. The van der Waals surface area contributed by atoms with Crippen LogP contribution in [0.25, 0.3) is 0 Å². The first-order valence-electron chi connectivity index (χ1n) is 9.92. The van der Waals surface area contributed by atoms with Crippen LogP contribution in [0, 0.1) is 0 Å². The van der Waals surface area contributed by atoms with Crippen LogP contribution in [0.15, 0.2) is 84.9 Å². The molecule has 160 valence electrons. The second kappa shape index (κ2) is 10.3. The molecule has 6 nitrogen and oxygen atoms in total. The van der Waals surface area contributed by atoms with Crippen molar-refractivity contribution in [3.05, 3.63) is 102 Å². The summed E-state index contributed by atoms with van der Waals surface area (Å²) in [5.74, 6) is -0.464. The predicted molar refractivity (Wildman–Crippen MR) is 117 cm³/mol. The van der Waals surface area contributed by atoms with Crippen molar-refractivity contribution in [1.29, 1.82) is 0 Å². The predicted octanol–water partition coefficient (Wildman–Crippen LogP) is 4.58. The highest BCUT2D eigenvalue weighted by molar-refractivity contribution is 5.84. The fraction of sp³-hybridized carbons (Fsp3) is 0.200. The molecule has 0 bridgehead atoms. The first kappa shape index (κ1) is 21.9. The number of amides is 1. The highest BCUT2D eigenvalue weighted by Crippen LogP contribution is 2.19. The summed E-state index contributed by atoms with van der Waals surface area (Å²) in [6.07, 6.45) is -0.682. The van der Waals surface area contributed by atoms with E-state index < -0.39 is 17.6 Å². The molecule has 0 radical (unpaired) electrons. The Bertz CT molecular complexity index is 989. The monoisotopic (exact) mass is 419 g/mol. The van der Waals surface area contributed by atoms with E-state index >= 15 is 0 Å². The lowest BCUT2D eigenvalue weighted by molar-refractivity contribution is -0.143. The SMILES string of the molecule is C[C@@](Cc1ccc(OCc2ccccc2)cc1)(NC(=O)OCc1ccccc1)C(=O)O. The van der Waals surface area contributed by atoms with Gasteiger partial charge in [0.05, 0.1) is 0 Å². The van der Waals surface area contributed by atoms with Crippen LogP contribution in [0.2, 0.25) is 0 Å². The number of carboxylic acids is 1. The van der Waals surface area contributed by atoms with E-state index in [9.17, 15) is 14.7 Å². The number of hydrogen-bond acceptors (Lipinski definition) is 4. The Hall–Kier alpha value is -3.80. The third-order valence-electron chi connectivity index (χ3n) is 4.79. The maximum Gasteiger partial charge on any atom is 0.408 e. The number of alkyl carbamates (subject to hydrolysis) is 1. The summed E-state index contributed by atoms with van der Waals surface area (Å²) >= 11 is 0. The molecule has 0 aliphatic rings. The summed E-state index contributed by atoms with van der Waals surface area (Å²) in [5.41, 5.74) is 1.12. The van der Waals surface area contributed by atoms with Crippen LogP contribution in [0.4, 0.5) is 4.79 Å². The average molecular weight is 419 g/mol. The van der Waals surface area contributed by atoms with E-state index in [0.29, 0.717) is 12.4 Å². The Morgan fingerprint density at radius 2 is 1.35 bits per heavy atom. The summed E-state index contributed by atoms with van der Waals surface area (Å²) in [7, 11) is 0. The largest absolute Gasteiger partial charge is 0.489 e. The number of rotatable bonds is 9. The Morgan fingerprint density at radius 3 is 1.90 bits per heavy atom. The molecule has 0 aromatic heterocycles. The van der Waals surface area contributed by atoms with Gasteiger partial charge in [0, 0.05) is 6.42 Å². The van der Waals surface area contributed by atoms with Gasteiger partial charge in [0.1, 0.15) is 24.5 Å². The van der Waals surface area contributed by atoms with Gasteiger partial charge in [-0.3, -0.25) is 0 Å². The molecule has 0 aliphatic carbocycles. The number of carbonyl (C=O) groups excluding carboxylic acids is 1. The number of benzene rings is 3. The fourth-order valence-electron chi connectivity index (χ4n) is 3.01. The zero-order chi connectivity index (χ0) is 22.1. The van der Waals surface area contributed by atoms with E-state index in [-0.39, 0.29) is 13.0 Å². The van der Waals surface area contributed by atoms with Gasteiger partial charge in [-0.05, 0) is 35.7 Å². The van der Waals surface area contributed by atoms with Crippen molar-refractivity contribution in [3.8, 4) is 5.75 Å². The van der Waals surface area contributed by atoms with Crippen LogP contribution in [-0.4, -0.2) is 22.7 Å². The van der Waals surface area contributed by atoms with Gasteiger partial charge in [0.2, 0.25) is 0 Å². The molecular weight excluding hydrogens is 394 g/mol. The lowest BCUT2D eigenvalue weighted by Gasteiger charge is -2.26. The highest BCUT2D eigenvalue weighted by atomic mass is 16.5. The molecule has 31 heavy (non-hydrogen) atoms. The van der Waals surface area contributed by atoms with Gasteiger partial charge < -0.3 is 19.9 Å². The quantitative estimate of drug-likeness (QED) is 0.530. The third kappa shape index (κ3) is 6.60. The number of aliphatic carboxylic acids is 1. The fourth-order valence-corrected chi connectivity index (χ4v) is 3.01. The molecule has 2 N–H and O–H groups in total. The van der Waals surface area contributed by atoms with E-state index in [1.165, 1.54) is 6.92 Å². The second-order valence-electron chi connectivity index (χ2n) is 7.42. The summed E-state index contributed by atoms with van der Waals surface area (Å²) in [4.78, 5) is 24.1. The molecule has 0 saturated carbocycles. The molecule has 6 heteroatoms. The summed E-state index contributed by atoms with van der Waals surface area (Å²) < 4.78 is 10.9. The van der Waals surface area contributed by atoms with Gasteiger partial charge in [-0.2, -0.15) is 0 Å². The van der Waals surface area contributed by atoms with Gasteiger partial charge in [-0.25, -0.2) is 9.59 Å². The minimum Gasteiger partial charge on any atom is -0.489 e. The van der Waals surface area contributed by atoms with E-state index in [1.54, 1.807) is 24.3 Å². The van der Waals surface area contributed by atoms with Gasteiger partial charge in [-0.15, -0.1) is 0 Å². The maximum absolute atomic E-state index is 12.2. The highest BCUT2D eigenvalue weighted by Gasteiger charge is 2.35. The van der Waals surface area contributed by atoms with Gasteiger partial charge in [0.25, 0.3) is 0 Å². The van der Waals surface area contributed by atoms with E-state index in [2.05, 4.69) is 5.32 Å². The first-order valence-corrected chi connectivity index (χ1v) is 9.92. The van der Waals surface area contributed by atoms with Crippen LogP contribution in [0.1, 0.15) is 23.6 Å². The number of hydrogen-bond donors (Lipinski definition) is 2. The zero-order valence-corrected chi connectivity index (χ0v) is 17.3. The molecule has 1 atom stereocenters. The summed E-state index contributed by atoms with van der Waals surface area (Å²) in [6.45, 7) is 1.97. The minimum atomic E-state index is -1.51.